The smallest absolute Gasteiger partial charge is 0.395 e. The molecule has 0 bridgehead atoms. The average Bonchev–Trinajstić information content (AvgIpc) is 3.49. The van der Waals surface area contributed by atoms with Gasteiger partial charge in [0.25, 0.3) is 0 Å². The molecule has 0 saturated carbocycles. The molecule has 3 aliphatic rings. The molecule has 0 spiro atoms. The van der Waals surface area contributed by atoms with Gasteiger partial charge in [0.2, 0.25) is 0 Å². The summed E-state index contributed by atoms with van der Waals surface area (Å²) >= 11 is 0. The second-order valence-corrected chi connectivity index (χ2v) is 8.01. The number of anilines is 1. The van der Waals surface area contributed by atoms with E-state index in [0.717, 1.165) is 5.56 Å². The van der Waals surface area contributed by atoms with Crippen LogP contribution >= 0.6 is 0 Å². The van der Waals surface area contributed by atoms with Crippen LogP contribution in [-0.4, -0.2) is 30.2 Å². The summed E-state index contributed by atoms with van der Waals surface area (Å²) in [5, 5.41) is 3.87. The zero-order valence-corrected chi connectivity index (χ0v) is 18.1. The first-order chi connectivity index (χ1) is 17.2. The fourth-order valence-corrected chi connectivity index (χ4v) is 4.04. The van der Waals surface area contributed by atoms with Crippen molar-refractivity contribution in [2.45, 2.75) is 12.6 Å². The number of alkyl halides is 4. The maximum absolute atomic E-state index is 13.5. The lowest BCUT2D eigenvalue weighted by molar-refractivity contribution is -0.287. The molecule has 0 unspecified atom stereocenters. The Balaban J connectivity index is 1.26. The van der Waals surface area contributed by atoms with Gasteiger partial charge in [-0.15, -0.1) is 17.6 Å². The predicted octanol–water partition coefficient (Wildman–Crippen LogP) is 5.25. The molecule has 184 valence electrons. The van der Waals surface area contributed by atoms with E-state index in [9.17, 15) is 22.4 Å². The SMILES string of the molecule is O=C(Nc1ccc2c(c1)OC(F)(F)O2)N1CC(c2ccc3c(c2)OC(F)(F)O3)=C(c2ccccc2)N1. The Bertz CT molecular complexity index is 1410. The molecule has 3 aromatic carbocycles. The molecule has 2 N–H and O–H groups in total. The molecule has 0 saturated heterocycles. The number of halogens is 4. The summed E-state index contributed by atoms with van der Waals surface area (Å²) in [6.07, 6.45) is -7.54. The summed E-state index contributed by atoms with van der Waals surface area (Å²) in [5.41, 5.74) is 5.70. The molecule has 0 radical (unpaired) electrons. The monoisotopic (exact) mass is 501 g/mol. The first-order valence-electron chi connectivity index (χ1n) is 10.6. The second-order valence-electron chi connectivity index (χ2n) is 8.01. The molecule has 3 aromatic rings. The maximum Gasteiger partial charge on any atom is 0.586 e. The lowest BCUT2D eigenvalue weighted by Gasteiger charge is -2.19. The van der Waals surface area contributed by atoms with Gasteiger partial charge in [-0.2, -0.15) is 0 Å². The lowest BCUT2D eigenvalue weighted by atomic mass is 10.0. The number of amides is 2. The minimum Gasteiger partial charge on any atom is -0.395 e. The van der Waals surface area contributed by atoms with Gasteiger partial charge < -0.3 is 24.3 Å². The number of benzene rings is 3. The van der Waals surface area contributed by atoms with Gasteiger partial charge in [0.05, 0.1) is 12.2 Å². The number of hydrazine groups is 1. The summed E-state index contributed by atoms with van der Waals surface area (Å²) in [7, 11) is 0. The molecule has 0 fully saturated rings. The van der Waals surface area contributed by atoms with Gasteiger partial charge in [-0.3, -0.25) is 5.43 Å². The van der Waals surface area contributed by atoms with Crippen LogP contribution in [0.2, 0.25) is 0 Å². The number of ether oxygens (including phenoxy) is 4. The molecule has 0 atom stereocenters. The highest BCUT2D eigenvalue weighted by Crippen LogP contribution is 2.44. The van der Waals surface area contributed by atoms with Crippen LogP contribution < -0.4 is 29.7 Å². The number of nitrogens with zero attached hydrogens (tertiary/aromatic N) is 1. The molecule has 12 heteroatoms. The Hall–Kier alpha value is -4.61. The van der Waals surface area contributed by atoms with Gasteiger partial charge in [0.15, 0.2) is 23.0 Å². The molecule has 36 heavy (non-hydrogen) atoms. The third-order valence-electron chi connectivity index (χ3n) is 5.57. The van der Waals surface area contributed by atoms with E-state index in [1.165, 1.54) is 35.3 Å². The van der Waals surface area contributed by atoms with E-state index in [4.69, 9.17) is 0 Å². The van der Waals surface area contributed by atoms with Gasteiger partial charge in [0, 0.05) is 17.3 Å². The second kappa shape index (κ2) is 7.70. The summed E-state index contributed by atoms with van der Waals surface area (Å²) in [6, 6.07) is 16.7. The van der Waals surface area contributed by atoms with Gasteiger partial charge in [0.1, 0.15) is 0 Å². The van der Waals surface area contributed by atoms with Crippen LogP contribution in [0.5, 0.6) is 23.0 Å². The molecule has 6 rings (SSSR count). The summed E-state index contributed by atoms with van der Waals surface area (Å²) in [4.78, 5) is 13.0. The van der Waals surface area contributed by atoms with Crippen molar-refractivity contribution >= 4 is 23.0 Å². The van der Waals surface area contributed by atoms with Crippen LogP contribution in [0.25, 0.3) is 11.3 Å². The van der Waals surface area contributed by atoms with Crippen LogP contribution in [0, 0.1) is 0 Å². The van der Waals surface area contributed by atoms with Crippen molar-refractivity contribution in [3.8, 4) is 23.0 Å². The molecular weight excluding hydrogens is 486 g/mol. The summed E-state index contributed by atoms with van der Waals surface area (Å²) < 4.78 is 71.4. The van der Waals surface area contributed by atoms with E-state index in [-0.39, 0.29) is 35.2 Å². The normalized spacial score (nSPS) is 18.3. The number of hydrogen-bond acceptors (Lipinski definition) is 6. The third-order valence-corrected chi connectivity index (χ3v) is 5.57. The highest BCUT2D eigenvalue weighted by Gasteiger charge is 2.44. The maximum atomic E-state index is 13.5. The molecule has 3 aliphatic heterocycles. The highest BCUT2D eigenvalue weighted by atomic mass is 19.3. The van der Waals surface area contributed by atoms with Crippen LogP contribution in [0.4, 0.5) is 28.0 Å². The molecule has 3 heterocycles. The zero-order valence-electron chi connectivity index (χ0n) is 18.1. The minimum atomic E-state index is -3.78. The Kier molecular flexibility index (Phi) is 4.68. The number of nitrogens with one attached hydrogen (secondary N) is 2. The Morgan fingerprint density at radius 2 is 1.39 bits per heavy atom. The van der Waals surface area contributed by atoms with Crippen LogP contribution in [0.3, 0.4) is 0 Å². The van der Waals surface area contributed by atoms with Crippen molar-refractivity contribution in [2.75, 3.05) is 11.9 Å². The molecular formula is C24H15F4N3O5. The molecule has 2 amide bonds. The minimum absolute atomic E-state index is 0.0503. The fourth-order valence-electron chi connectivity index (χ4n) is 4.04. The van der Waals surface area contributed by atoms with Crippen molar-refractivity contribution in [3.63, 3.8) is 0 Å². The van der Waals surface area contributed by atoms with Gasteiger partial charge >= 0.3 is 18.6 Å². The Morgan fingerprint density at radius 3 is 2.08 bits per heavy atom. The lowest BCUT2D eigenvalue weighted by Crippen LogP contribution is -2.40. The van der Waals surface area contributed by atoms with E-state index in [1.54, 1.807) is 6.07 Å². The quantitative estimate of drug-likeness (QED) is 0.478. The number of carbonyl (C=O) groups is 1. The highest BCUT2D eigenvalue weighted by molar-refractivity contribution is 5.98. The van der Waals surface area contributed by atoms with Crippen molar-refractivity contribution < 1.29 is 41.3 Å². The zero-order chi connectivity index (χ0) is 25.1. The largest absolute Gasteiger partial charge is 0.586 e. The Morgan fingerprint density at radius 1 is 0.778 bits per heavy atom. The first-order valence-corrected chi connectivity index (χ1v) is 10.6. The van der Waals surface area contributed by atoms with E-state index in [2.05, 4.69) is 29.7 Å². The molecule has 8 nitrogen and oxygen atoms in total. The Labute approximate surface area is 200 Å². The van der Waals surface area contributed by atoms with Gasteiger partial charge in [-0.05, 0) is 35.4 Å². The van der Waals surface area contributed by atoms with Crippen molar-refractivity contribution in [1.29, 1.82) is 0 Å². The number of rotatable bonds is 3. The van der Waals surface area contributed by atoms with Crippen LogP contribution in [-0.2, 0) is 0 Å². The average molecular weight is 501 g/mol. The first kappa shape index (κ1) is 21.9. The van der Waals surface area contributed by atoms with E-state index in [0.29, 0.717) is 16.8 Å². The van der Waals surface area contributed by atoms with E-state index >= 15 is 0 Å². The third kappa shape index (κ3) is 3.96. The van der Waals surface area contributed by atoms with Crippen molar-refractivity contribution in [3.05, 3.63) is 77.9 Å². The van der Waals surface area contributed by atoms with Crippen molar-refractivity contribution in [2.24, 2.45) is 0 Å². The number of urea groups is 1. The number of hydrogen-bond donors (Lipinski definition) is 2. The summed E-state index contributed by atoms with van der Waals surface area (Å²) in [6.45, 7) is 0.0503. The summed E-state index contributed by atoms with van der Waals surface area (Å²) in [5.74, 6) is -0.592. The van der Waals surface area contributed by atoms with E-state index in [1.807, 2.05) is 30.3 Å². The van der Waals surface area contributed by atoms with Crippen LogP contribution in [0.1, 0.15) is 11.1 Å². The molecule has 0 aliphatic carbocycles. The fraction of sp³-hybridized carbons (Fsp3) is 0.125. The van der Waals surface area contributed by atoms with E-state index < -0.39 is 18.6 Å². The van der Waals surface area contributed by atoms with Gasteiger partial charge in [-0.1, -0.05) is 36.4 Å². The van der Waals surface area contributed by atoms with Gasteiger partial charge in [-0.25, -0.2) is 9.80 Å². The standard InChI is InChI=1S/C24H15F4N3O5/c25-23(26)33-17-8-6-14(10-19(17)35-23)16-12-31(30-21(16)13-4-2-1-3-5-13)22(32)29-15-7-9-18-20(11-15)36-24(27,28)34-18/h1-11,30H,12H2,(H,29,32). The molecule has 0 aromatic heterocycles. The topological polar surface area (TPSA) is 81.3 Å². The van der Waals surface area contributed by atoms with Crippen LogP contribution in [0.15, 0.2) is 66.7 Å². The van der Waals surface area contributed by atoms with Crippen molar-refractivity contribution in [1.82, 2.24) is 10.4 Å². The number of carbonyl (C=O) groups excluding carboxylic acids is 1. The predicted molar refractivity (Wildman–Crippen MR) is 117 cm³/mol. The number of fused-ring (bicyclic) bond motifs is 2.